The third-order valence-corrected chi connectivity index (χ3v) is 9.35. The molecular weight excluding hydrogens is 581 g/mol. The van der Waals surface area contributed by atoms with Gasteiger partial charge in [-0.25, -0.2) is 0 Å². The summed E-state index contributed by atoms with van der Waals surface area (Å²) in [7, 11) is 0. The lowest BCUT2D eigenvalue weighted by molar-refractivity contribution is 1.19. The van der Waals surface area contributed by atoms with Gasteiger partial charge in [-0.15, -0.1) is 0 Å². The molecule has 1 aromatic heterocycles. The highest BCUT2D eigenvalue weighted by atomic mass is 15.1. The maximum atomic E-state index is 2.42. The van der Waals surface area contributed by atoms with E-state index in [1.807, 2.05) is 0 Å². The Morgan fingerprint density at radius 1 is 0.354 bits per heavy atom. The van der Waals surface area contributed by atoms with Crippen molar-refractivity contribution in [3.05, 3.63) is 194 Å². The predicted molar refractivity (Wildman–Crippen MR) is 204 cm³/mol. The van der Waals surface area contributed by atoms with Crippen LogP contribution < -0.4 is 4.90 Å². The van der Waals surface area contributed by atoms with E-state index in [0.717, 1.165) is 22.7 Å². The zero-order valence-corrected chi connectivity index (χ0v) is 26.4. The number of anilines is 3. The van der Waals surface area contributed by atoms with Crippen molar-refractivity contribution in [1.29, 1.82) is 0 Å². The molecule has 0 fully saturated rings. The maximum absolute atomic E-state index is 2.42. The first-order chi connectivity index (χ1) is 23.8. The normalized spacial score (nSPS) is 11.3. The molecule has 0 aliphatic rings. The lowest BCUT2D eigenvalue weighted by atomic mass is 9.95. The summed E-state index contributed by atoms with van der Waals surface area (Å²) in [5, 5.41) is 4.95. The number of hydrogen-bond acceptors (Lipinski definition) is 1. The van der Waals surface area contributed by atoms with Crippen molar-refractivity contribution in [2.24, 2.45) is 0 Å². The van der Waals surface area contributed by atoms with Crippen LogP contribution in [0.3, 0.4) is 0 Å². The van der Waals surface area contributed by atoms with E-state index in [1.165, 1.54) is 54.8 Å². The summed E-state index contributed by atoms with van der Waals surface area (Å²) in [6.07, 6.45) is 0. The molecule has 48 heavy (non-hydrogen) atoms. The fourth-order valence-electron chi connectivity index (χ4n) is 7.20. The van der Waals surface area contributed by atoms with Gasteiger partial charge in [-0.05, 0) is 82.1 Å². The highest BCUT2D eigenvalue weighted by Gasteiger charge is 2.20. The van der Waals surface area contributed by atoms with Crippen LogP contribution >= 0.6 is 0 Å². The Morgan fingerprint density at radius 3 is 1.67 bits per heavy atom. The van der Waals surface area contributed by atoms with Crippen LogP contribution in [0, 0.1) is 0 Å². The van der Waals surface area contributed by atoms with E-state index >= 15 is 0 Å². The van der Waals surface area contributed by atoms with Crippen molar-refractivity contribution in [2.75, 3.05) is 4.90 Å². The third kappa shape index (κ3) is 4.74. The van der Waals surface area contributed by atoms with Gasteiger partial charge in [-0.3, -0.25) is 0 Å². The van der Waals surface area contributed by atoms with Crippen LogP contribution in [-0.4, -0.2) is 4.57 Å². The number of fused-ring (bicyclic) bond motifs is 4. The lowest BCUT2D eigenvalue weighted by Crippen LogP contribution is -2.11. The molecule has 0 atom stereocenters. The van der Waals surface area contributed by atoms with Gasteiger partial charge in [0.25, 0.3) is 0 Å². The van der Waals surface area contributed by atoms with Crippen molar-refractivity contribution < 1.29 is 0 Å². The van der Waals surface area contributed by atoms with E-state index in [1.54, 1.807) is 0 Å². The number of para-hydroxylation sites is 4. The first-order valence-electron chi connectivity index (χ1n) is 16.4. The molecule has 2 heteroatoms. The quantitative estimate of drug-likeness (QED) is 0.181. The van der Waals surface area contributed by atoms with Gasteiger partial charge in [-0.1, -0.05) is 140 Å². The fourth-order valence-corrected chi connectivity index (χ4v) is 7.20. The average Bonchev–Trinajstić information content (AvgIpc) is 3.50. The van der Waals surface area contributed by atoms with Gasteiger partial charge in [0, 0.05) is 33.4 Å². The Bertz CT molecular complexity index is 2510. The number of aromatic nitrogens is 1. The maximum Gasteiger partial charge on any atom is 0.0541 e. The molecule has 9 aromatic rings. The van der Waals surface area contributed by atoms with Gasteiger partial charge in [0.2, 0.25) is 0 Å². The summed E-state index contributed by atoms with van der Waals surface area (Å²) in [4.78, 5) is 2.39. The predicted octanol–water partition coefficient (Wildman–Crippen LogP) is 12.7. The number of benzene rings is 8. The molecule has 0 amide bonds. The van der Waals surface area contributed by atoms with Crippen molar-refractivity contribution in [2.45, 2.75) is 0 Å². The van der Waals surface area contributed by atoms with Crippen LogP contribution in [0.2, 0.25) is 0 Å². The first kappa shape index (κ1) is 27.9. The molecule has 0 spiro atoms. The van der Waals surface area contributed by atoms with E-state index in [9.17, 15) is 0 Å². The topological polar surface area (TPSA) is 8.17 Å². The highest BCUT2D eigenvalue weighted by Crippen LogP contribution is 2.44. The molecule has 9 rings (SSSR count). The molecule has 0 bridgehead atoms. The van der Waals surface area contributed by atoms with Gasteiger partial charge in [0.1, 0.15) is 0 Å². The Labute approximate surface area is 280 Å². The second kappa shape index (κ2) is 11.8. The molecule has 0 saturated heterocycles. The minimum atomic E-state index is 1.11. The van der Waals surface area contributed by atoms with E-state index < -0.39 is 0 Å². The van der Waals surface area contributed by atoms with Gasteiger partial charge in [0.05, 0.1) is 16.7 Å². The molecule has 0 unspecified atom stereocenters. The van der Waals surface area contributed by atoms with Gasteiger partial charge < -0.3 is 9.47 Å². The molecule has 1 heterocycles. The fraction of sp³-hybridized carbons (Fsp3) is 0. The molecule has 0 saturated carbocycles. The Morgan fingerprint density at radius 2 is 0.917 bits per heavy atom. The number of rotatable bonds is 6. The Hall–Kier alpha value is -6.38. The van der Waals surface area contributed by atoms with Crippen LogP contribution in [0.25, 0.3) is 60.5 Å². The van der Waals surface area contributed by atoms with Crippen LogP contribution in [-0.2, 0) is 0 Å². The molecule has 8 aromatic carbocycles. The number of nitrogens with zero attached hydrogens (tertiary/aromatic N) is 2. The lowest BCUT2D eigenvalue weighted by Gasteiger charge is -2.28. The highest BCUT2D eigenvalue weighted by molar-refractivity contribution is 6.10. The molecule has 0 aliphatic carbocycles. The molecule has 226 valence electrons. The molecular formula is C46H32N2. The SMILES string of the molecule is c1ccc(-c2cccc(N(c3ccccc3)c3ccccc3-c3cc(-n4c5ccccc5c5ccccc54)cc4ccccc34)c2)cc1. The summed E-state index contributed by atoms with van der Waals surface area (Å²) in [5.41, 5.74) is 11.7. The second-order valence-electron chi connectivity index (χ2n) is 12.2. The molecule has 0 aliphatic heterocycles. The van der Waals surface area contributed by atoms with Crippen molar-refractivity contribution in [1.82, 2.24) is 4.57 Å². The Kier molecular flexibility index (Phi) is 6.84. The van der Waals surface area contributed by atoms with Crippen molar-refractivity contribution in [3.8, 4) is 27.9 Å². The van der Waals surface area contributed by atoms with Crippen LogP contribution in [0.5, 0.6) is 0 Å². The van der Waals surface area contributed by atoms with Gasteiger partial charge >= 0.3 is 0 Å². The minimum Gasteiger partial charge on any atom is -0.310 e. The van der Waals surface area contributed by atoms with Gasteiger partial charge in [0.15, 0.2) is 0 Å². The Balaban J connectivity index is 1.30. The smallest absolute Gasteiger partial charge is 0.0541 e. The molecule has 2 nitrogen and oxygen atoms in total. The summed E-state index contributed by atoms with van der Waals surface area (Å²) >= 11 is 0. The van der Waals surface area contributed by atoms with Crippen LogP contribution in [0.4, 0.5) is 17.1 Å². The largest absolute Gasteiger partial charge is 0.310 e. The monoisotopic (exact) mass is 612 g/mol. The standard InChI is InChI=1S/C46H32N2/c1-3-16-33(17-4-1)34-19-15-22-37(30-34)47(36-20-5-2-6-21-36)44-27-12-11-26-42(44)43-32-38(31-35-18-7-8-23-39(35)43)48-45-28-13-9-24-40(45)41-25-10-14-29-46(41)48/h1-32H. The van der Waals surface area contributed by atoms with E-state index in [0.29, 0.717) is 0 Å². The summed E-state index contributed by atoms with van der Waals surface area (Å²) in [5.74, 6) is 0. The van der Waals surface area contributed by atoms with Crippen LogP contribution in [0.15, 0.2) is 194 Å². The summed E-state index contributed by atoms with van der Waals surface area (Å²) < 4.78 is 2.42. The summed E-state index contributed by atoms with van der Waals surface area (Å²) in [6, 6.07) is 69.9. The van der Waals surface area contributed by atoms with Crippen LogP contribution in [0.1, 0.15) is 0 Å². The zero-order valence-electron chi connectivity index (χ0n) is 26.4. The second-order valence-corrected chi connectivity index (χ2v) is 12.2. The van der Waals surface area contributed by atoms with E-state index in [2.05, 4.69) is 204 Å². The minimum absolute atomic E-state index is 1.11. The third-order valence-electron chi connectivity index (χ3n) is 9.35. The average molecular weight is 613 g/mol. The first-order valence-corrected chi connectivity index (χ1v) is 16.4. The van der Waals surface area contributed by atoms with Gasteiger partial charge in [-0.2, -0.15) is 0 Å². The van der Waals surface area contributed by atoms with Crippen molar-refractivity contribution in [3.63, 3.8) is 0 Å². The molecule has 0 N–H and O–H groups in total. The van der Waals surface area contributed by atoms with E-state index in [-0.39, 0.29) is 0 Å². The van der Waals surface area contributed by atoms with Crippen molar-refractivity contribution >= 4 is 49.6 Å². The zero-order chi connectivity index (χ0) is 31.9. The van der Waals surface area contributed by atoms with E-state index in [4.69, 9.17) is 0 Å². The number of hydrogen-bond donors (Lipinski definition) is 0. The molecule has 0 radical (unpaired) electrons. The summed E-state index contributed by atoms with van der Waals surface area (Å²) in [6.45, 7) is 0.